The van der Waals surface area contributed by atoms with Gasteiger partial charge in [0.15, 0.2) is 6.04 Å². The Morgan fingerprint density at radius 3 is 2.50 bits per heavy atom. The molecule has 1 rings (SSSR count). The molecule has 110 valence electrons. The van der Waals surface area contributed by atoms with Crippen LogP contribution in [0.1, 0.15) is 25.8 Å². The van der Waals surface area contributed by atoms with Crippen LogP contribution in [0, 0.1) is 0 Å². The van der Waals surface area contributed by atoms with E-state index in [-0.39, 0.29) is 0 Å². The molecular weight excluding hydrogens is 260 g/mol. The van der Waals surface area contributed by atoms with E-state index in [4.69, 9.17) is 5.11 Å². The Balaban J connectivity index is 2.73. The second kappa shape index (κ2) is 7.49. The number of hydrogen-bond donors (Lipinski definition) is 4. The summed E-state index contributed by atoms with van der Waals surface area (Å²) < 4.78 is 0. The minimum Gasteiger partial charge on any atom is -0.480 e. The molecule has 0 aliphatic carbocycles. The number of carbonyl (C=O) groups excluding carboxylic acids is 1. The summed E-state index contributed by atoms with van der Waals surface area (Å²) in [6.45, 7) is 3.34. The van der Waals surface area contributed by atoms with E-state index in [0.29, 0.717) is 5.69 Å². The quantitative estimate of drug-likeness (QED) is 0.636. The van der Waals surface area contributed by atoms with Gasteiger partial charge in [0, 0.05) is 5.69 Å². The summed E-state index contributed by atoms with van der Waals surface area (Å²) in [5.74, 6) is -1.28. The van der Waals surface area contributed by atoms with Crippen molar-refractivity contribution in [3.8, 4) is 0 Å². The van der Waals surface area contributed by atoms with Gasteiger partial charge in [-0.1, -0.05) is 31.5 Å². The van der Waals surface area contributed by atoms with Gasteiger partial charge in [0.1, 0.15) is 0 Å². The van der Waals surface area contributed by atoms with Gasteiger partial charge in [-0.25, -0.2) is 9.59 Å². The van der Waals surface area contributed by atoms with E-state index in [1.54, 1.807) is 12.1 Å². The first-order valence-electron chi connectivity index (χ1n) is 6.52. The van der Waals surface area contributed by atoms with Crippen LogP contribution in [0.5, 0.6) is 0 Å². The van der Waals surface area contributed by atoms with Crippen molar-refractivity contribution in [1.29, 1.82) is 0 Å². The number of amides is 2. The van der Waals surface area contributed by atoms with Gasteiger partial charge in [-0.15, -0.1) is 0 Å². The number of aliphatic carboxylic acids is 1. The fourth-order valence-corrected chi connectivity index (χ4v) is 1.82. The third-order valence-corrected chi connectivity index (χ3v) is 2.82. The molecule has 1 aromatic carbocycles. The molecular formula is C14H20N2O4. The number of benzene rings is 1. The van der Waals surface area contributed by atoms with Gasteiger partial charge in [0.25, 0.3) is 0 Å². The monoisotopic (exact) mass is 280 g/mol. The Labute approximate surface area is 117 Å². The van der Waals surface area contributed by atoms with E-state index in [1.807, 2.05) is 19.1 Å². The number of aryl methyl sites for hydroxylation is 1. The van der Waals surface area contributed by atoms with Crippen LogP contribution < -0.4 is 10.6 Å². The zero-order valence-electron chi connectivity index (χ0n) is 11.6. The van der Waals surface area contributed by atoms with Crippen LogP contribution in [0.25, 0.3) is 0 Å². The van der Waals surface area contributed by atoms with E-state index in [0.717, 1.165) is 18.4 Å². The van der Waals surface area contributed by atoms with Crippen molar-refractivity contribution in [2.75, 3.05) is 5.32 Å². The molecule has 0 bridgehead atoms. The summed E-state index contributed by atoms with van der Waals surface area (Å²) in [4.78, 5) is 22.7. The molecule has 0 saturated heterocycles. The van der Waals surface area contributed by atoms with Gasteiger partial charge in [0.05, 0.1) is 6.10 Å². The maximum absolute atomic E-state index is 11.8. The molecule has 0 aliphatic rings. The van der Waals surface area contributed by atoms with Crippen molar-refractivity contribution < 1.29 is 19.8 Å². The van der Waals surface area contributed by atoms with Crippen LogP contribution in [0.15, 0.2) is 24.3 Å². The molecule has 2 amide bonds. The third-order valence-electron chi connectivity index (χ3n) is 2.82. The van der Waals surface area contributed by atoms with Crippen molar-refractivity contribution in [1.82, 2.24) is 5.32 Å². The van der Waals surface area contributed by atoms with E-state index in [1.165, 1.54) is 6.92 Å². The fraction of sp³-hybridized carbons (Fsp3) is 0.429. The molecule has 0 aromatic heterocycles. The van der Waals surface area contributed by atoms with Crippen LogP contribution in [-0.4, -0.2) is 34.4 Å². The molecule has 0 fully saturated rings. The van der Waals surface area contributed by atoms with Crippen molar-refractivity contribution in [2.45, 2.75) is 38.8 Å². The van der Waals surface area contributed by atoms with Crippen LogP contribution >= 0.6 is 0 Å². The van der Waals surface area contributed by atoms with Crippen molar-refractivity contribution in [3.63, 3.8) is 0 Å². The normalized spacial score (nSPS) is 13.3. The first-order chi connectivity index (χ1) is 9.45. The Morgan fingerprint density at radius 2 is 1.95 bits per heavy atom. The standard InChI is InChI=1S/C14H20N2O4/c1-3-6-10-7-4-5-8-11(10)15-14(20)16-12(9(2)17)13(18)19/h4-5,7-9,12,17H,3,6H2,1-2H3,(H,18,19)(H2,15,16,20). The second-order valence-electron chi connectivity index (χ2n) is 4.56. The first-order valence-corrected chi connectivity index (χ1v) is 6.52. The highest BCUT2D eigenvalue weighted by Gasteiger charge is 2.25. The number of aliphatic hydroxyl groups is 1. The molecule has 6 nitrogen and oxygen atoms in total. The number of anilines is 1. The van der Waals surface area contributed by atoms with E-state index < -0.39 is 24.1 Å². The smallest absolute Gasteiger partial charge is 0.328 e. The zero-order chi connectivity index (χ0) is 15.1. The minimum absolute atomic E-state index is 0.640. The van der Waals surface area contributed by atoms with Gasteiger partial charge < -0.3 is 20.8 Å². The van der Waals surface area contributed by atoms with Gasteiger partial charge in [-0.2, -0.15) is 0 Å². The SMILES string of the molecule is CCCc1ccccc1NC(=O)NC(C(=O)O)C(C)O. The molecule has 20 heavy (non-hydrogen) atoms. The van der Waals surface area contributed by atoms with Crippen molar-refractivity contribution >= 4 is 17.7 Å². The van der Waals surface area contributed by atoms with Gasteiger partial charge >= 0.3 is 12.0 Å². The molecule has 0 heterocycles. The topological polar surface area (TPSA) is 98.7 Å². The fourth-order valence-electron chi connectivity index (χ4n) is 1.82. The predicted molar refractivity (Wildman–Crippen MR) is 75.7 cm³/mol. The number of rotatable bonds is 6. The van der Waals surface area contributed by atoms with Crippen LogP contribution in [-0.2, 0) is 11.2 Å². The lowest BCUT2D eigenvalue weighted by Gasteiger charge is -2.18. The average molecular weight is 280 g/mol. The Hall–Kier alpha value is -2.08. The van der Waals surface area contributed by atoms with Gasteiger partial charge in [0.2, 0.25) is 0 Å². The largest absolute Gasteiger partial charge is 0.480 e. The van der Waals surface area contributed by atoms with Gasteiger partial charge in [-0.05, 0) is 25.0 Å². The minimum atomic E-state index is -1.34. The first kappa shape index (κ1) is 16.0. The lowest BCUT2D eigenvalue weighted by molar-refractivity contribution is -0.141. The number of hydrogen-bond acceptors (Lipinski definition) is 3. The summed E-state index contributed by atoms with van der Waals surface area (Å²) in [5.41, 5.74) is 1.62. The van der Waals surface area contributed by atoms with Gasteiger partial charge in [-0.3, -0.25) is 0 Å². The number of aliphatic hydroxyl groups excluding tert-OH is 1. The lowest BCUT2D eigenvalue weighted by Crippen LogP contribution is -2.49. The maximum Gasteiger partial charge on any atom is 0.328 e. The molecule has 0 spiro atoms. The number of nitrogens with one attached hydrogen (secondary N) is 2. The van der Waals surface area contributed by atoms with Crippen LogP contribution in [0.3, 0.4) is 0 Å². The molecule has 4 N–H and O–H groups in total. The molecule has 0 aliphatic heterocycles. The number of carboxylic acid groups (broad SMARTS) is 1. The van der Waals surface area contributed by atoms with Crippen LogP contribution in [0.4, 0.5) is 10.5 Å². The van der Waals surface area contributed by atoms with Crippen LogP contribution in [0.2, 0.25) is 0 Å². The molecule has 0 radical (unpaired) electrons. The Morgan fingerprint density at radius 1 is 1.30 bits per heavy atom. The highest BCUT2D eigenvalue weighted by Crippen LogP contribution is 2.16. The van der Waals surface area contributed by atoms with E-state index >= 15 is 0 Å². The number of carbonyl (C=O) groups is 2. The summed E-state index contributed by atoms with van der Waals surface area (Å²) >= 11 is 0. The van der Waals surface area contributed by atoms with E-state index in [2.05, 4.69) is 10.6 Å². The Kier molecular flexibility index (Phi) is 5.99. The van der Waals surface area contributed by atoms with E-state index in [9.17, 15) is 14.7 Å². The predicted octanol–water partition coefficient (Wildman–Crippen LogP) is 1.59. The zero-order valence-corrected chi connectivity index (χ0v) is 11.6. The maximum atomic E-state index is 11.8. The molecule has 6 heteroatoms. The number of urea groups is 1. The van der Waals surface area contributed by atoms with Crippen molar-refractivity contribution in [3.05, 3.63) is 29.8 Å². The molecule has 2 atom stereocenters. The average Bonchev–Trinajstić information content (AvgIpc) is 2.38. The molecule has 2 unspecified atom stereocenters. The summed E-state index contributed by atoms with van der Waals surface area (Å²) in [6, 6.07) is 5.34. The summed E-state index contributed by atoms with van der Waals surface area (Å²) in [6.07, 6.45) is 0.574. The highest BCUT2D eigenvalue weighted by molar-refractivity contribution is 5.93. The molecule has 1 aromatic rings. The second-order valence-corrected chi connectivity index (χ2v) is 4.56. The van der Waals surface area contributed by atoms with Crippen molar-refractivity contribution in [2.24, 2.45) is 0 Å². The Bertz CT molecular complexity index is 474. The number of para-hydroxylation sites is 1. The summed E-state index contributed by atoms with van der Waals surface area (Å²) in [7, 11) is 0. The number of carboxylic acids is 1. The summed E-state index contributed by atoms with van der Waals surface area (Å²) in [5, 5.41) is 23.1. The molecule has 0 saturated carbocycles. The highest BCUT2D eigenvalue weighted by atomic mass is 16.4. The third kappa shape index (κ3) is 4.55. The lowest BCUT2D eigenvalue weighted by atomic mass is 10.1.